The summed E-state index contributed by atoms with van der Waals surface area (Å²) in [6.07, 6.45) is 0. The molecule has 5 nitrogen and oxygen atoms in total. The Morgan fingerprint density at radius 1 is 1.12 bits per heavy atom. The zero-order valence-electron chi connectivity index (χ0n) is 14.5. The Bertz CT molecular complexity index is 882. The monoisotopic (exact) mass is 336 g/mol. The van der Waals surface area contributed by atoms with Gasteiger partial charge in [-0.25, -0.2) is 0 Å². The second-order valence-electron chi connectivity index (χ2n) is 5.82. The van der Waals surface area contributed by atoms with Gasteiger partial charge in [0.15, 0.2) is 5.76 Å². The van der Waals surface area contributed by atoms with E-state index in [1.807, 2.05) is 55.5 Å². The van der Waals surface area contributed by atoms with Gasteiger partial charge in [0.2, 0.25) is 0 Å². The molecule has 128 valence electrons. The van der Waals surface area contributed by atoms with Crippen LogP contribution in [0.25, 0.3) is 11.3 Å². The maximum absolute atomic E-state index is 12.7. The number of hydrogen-bond donors (Lipinski definition) is 1. The maximum atomic E-state index is 12.7. The van der Waals surface area contributed by atoms with E-state index in [1.54, 1.807) is 14.0 Å². The van der Waals surface area contributed by atoms with Crippen LogP contribution in [0.2, 0.25) is 0 Å². The van der Waals surface area contributed by atoms with Gasteiger partial charge in [-0.2, -0.15) is 0 Å². The molecular formula is C20H20N2O3. The molecule has 5 heteroatoms. The highest BCUT2D eigenvalue weighted by Gasteiger charge is 2.22. The van der Waals surface area contributed by atoms with Crippen LogP contribution in [-0.2, 0) is 6.54 Å². The lowest BCUT2D eigenvalue weighted by atomic mass is 10.0. The molecule has 0 fully saturated rings. The first-order valence-corrected chi connectivity index (χ1v) is 8.03. The van der Waals surface area contributed by atoms with Gasteiger partial charge in [-0.1, -0.05) is 41.6 Å². The number of carbonyl (C=O) groups excluding carboxylic acids is 1. The molecular weight excluding hydrogens is 316 g/mol. The number of rotatable bonds is 5. The zero-order valence-corrected chi connectivity index (χ0v) is 14.5. The van der Waals surface area contributed by atoms with Gasteiger partial charge in [0.25, 0.3) is 5.91 Å². The minimum Gasteiger partial charge on any atom is -0.497 e. The van der Waals surface area contributed by atoms with Gasteiger partial charge < -0.3 is 14.6 Å². The summed E-state index contributed by atoms with van der Waals surface area (Å²) in [5, 5.41) is 6.91. The highest BCUT2D eigenvalue weighted by atomic mass is 16.5. The molecule has 25 heavy (non-hydrogen) atoms. The van der Waals surface area contributed by atoms with Crippen LogP contribution in [0.5, 0.6) is 5.75 Å². The molecule has 1 amide bonds. The van der Waals surface area contributed by atoms with Crippen LogP contribution in [0, 0.1) is 13.8 Å². The van der Waals surface area contributed by atoms with Gasteiger partial charge in [-0.15, -0.1) is 0 Å². The number of hydrogen-bond acceptors (Lipinski definition) is 4. The molecule has 0 saturated carbocycles. The number of aromatic nitrogens is 1. The van der Waals surface area contributed by atoms with E-state index in [2.05, 4.69) is 10.5 Å². The Labute approximate surface area is 146 Å². The Kier molecular flexibility index (Phi) is 4.84. The second kappa shape index (κ2) is 7.21. The van der Waals surface area contributed by atoms with E-state index in [9.17, 15) is 4.79 Å². The molecule has 0 aliphatic carbocycles. The fourth-order valence-corrected chi connectivity index (χ4v) is 2.66. The summed E-state index contributed by atoms with van der Waals surface area (Å²) in [5.74, 6) is 1.09. The smallest absolute Gasteiger partial charge is 0.257 e. The molecule has 3 rings (SSSR count). The van der Waals surface area contributed by atoms with Crippen molar-refractivity contribution in [1.82, 2.24) is 10.5 Å². The quantitative estimate of drug-likeness (QED) is 0.767. The van der Waals surface area contributed by atoms with Gasteiger partial charge in [0.1, 0.15) is 11.3 Å². The van der Waals surface area contributed by atoms with Crippen LogP contribution >= 0.6 is 0 Å². The first-order chi connectivity index (χ1) is 12.1. The molecule has 1 heterocycles. The molecule has 0 bridgehead atoms. The number of amides is 1. The second-order valence-corrected chi connectivity index (χ2v) is 5.82. The fraction of sp³-hybridized carbons (Fsp3) is 0.200. The van der Waals surface area contributed by atoms with Gasteiger partial charge >= 0.3 is 0 Å². The molecule has 1 aromatic heterocycles. The van der Waals surface area contributed by atoms with Crippen LogP contribution in [0.1, 0.15) is 27.2 Å². The third-order valence-corrected chi connectivity index (χ3v) is 4.09. The number of methoxy groups -OCH3 is 1. The number of benzene rings is 2. The third kappa shape index (κ3) is 3.55. The minimum absolute atomic E-state index is 0.201. The largest absolute Gasteiger partial charge is 0.497 e. The lowest BCUT2D eigenvalue weighted by molar-refractivity contribution is 0.0950. The average Bonchev–Trinajstić information content (AvgIpc) is 3.02. The molecule has 0 radical (unpaired) electrons. The molecule has 0 atom stereocenters. The van der Waals surface area contributed by atoms with Crippen molar-refractivity contribution in [3.8, 4) is 17.1 Å². The summed E-state index contributed by atoms with van der Waals surface area (Å²) >= 11 is 0. The Morgan fingerprint density at radius 3 is 2.52 bits per heavy atom. The Hall–Kier alpha value is -3.08. The summed E-state index contributed by atoms with van der Waals surface area (Å²) in [4.78, 5) is 12.7. The molecule has 2 aromatic carbocycles. The molecule has 0 spiro atoms. The highest BCUT2D eigenvalue weighted by Crippen LogP contribution is 2.28. The number of aryl methyl sites for hydroxylation is 2. The summed E-state index contributed by atoms with van der Waals surface area (Å²) in [6, 6.07) is 15.3. The topological polar surface area (TPSA) is 64.4 Å². The van der Waals surface area contributed by atoms with Gasteiger partial charge in [-0.05, 0) is 37.1 Å². The molecule has 1 N–H and O–H groups in total. The standard InChI is InChI=1S/C20H20N2O3/c1-13-6-4-5-7-17(13)19-18(14(2)22-25-19)20(23)21-12-15-8-10-16(24-3)11-9-15/h4-11H,12H2,1-3H3,(H,21,23). The summed E-state index contributed by atoms with van der Waals surface area (Å²) in [6.45, 7) is 4.17. The van der Waals surface area contributed by atoms with E-state index < -0.39 is 0 Å². The van der Waals surface area contributed by atoms with Crippen molar-refractivity contribution < 1.29 is 14.1 Å². The lowest BCUT2D eigenvalue weighted by Gasteiger charge is -2.08. The van der Waals surface area contributed by atoms with E-state index in [-0.39, 0.29) is 5.91 Å². The average molecular weight is 336 g/mol. The SMILES string of the molecule is COc1ccc(CNC(=O)c2c(C)noc2-c2ccccc2C)cc1. The van der Waals surface area contributed by atoms with Crippen molar-refractivity contribution >= 4 is 5.91 Å². The predicted molar refractivity (Wildman–Crippen MR) is 95.6 cm³/mol. The Balaban J connectivity index is 1.80. The van der Waals surface area contributed by atoms with Gasteiger partial charge in [0.05, 0.1) is 12.8 Å². The molecule has 0 aliphatic rings. The first kappa shape index (κ1) is 16.8. The molecule has 0 saturated heterocycles. The molecule has 0 unspecified atom stereocenters. The van der Waals surface area contributed by atoms with Crippen molar-refractivity contribution in [2.45, 2.75) is 20.4 Å². The van der Waals surface area contributed by atoms with Crippen molar-refractivity contribution in [3.63, 3.8) is 0 Å². The normalized spacial score (nSPS) is 10.5. The van der Waals surface area contributed by atoms with Crippen molar-refractivity contribution in [1.29, 1.82) is 0 Å². The van der Waals surface area contributed by atoms with E-state index in [0.29, 0.717) is 23.6 Å². The number of carbonyl (C=O) groups is 1. The van der Waals surface area contributed by atoms with Crippen LogP contribution < -0.4 is 10.1 Å². The summed E-state index contributed by atoms with van der Waals surface area (Å²) in [7, 11) is 1.62. The predicted octanol–water partition coefficient (Wildman–Crippen LogP) is 3.90. The van der Waals surface area contributed by atoms with Gasteiger partial charge in [0, 0.05) is 12.1 Å². The third-order valence-electron chi connectivity index (χ3n) is 4.09. The van der Waals surface area contributed by atoms with Crippen LogP contribution in [0.4, 0.5) is 0 Å². The van der Waals surface area contributed by atoms with E-state index in [0.717, 1.165) is 22.4 Å². The Morgan fingerprint density at radius 2 is 1.84 bits per heavy atom. The number of nitrogens with zero attached hydrogens (tertiary/aromatic N) is 1. The fourth-order valence-electron chi connectivity index (χ4n) is 2.66. The number of ether oxygens (including phenoxy) is 1. The zero-order chi connectivity index (χ0) is 17.8. The van der Waals surface area contributed by atoms with Crippen LogP contribution in [-0.4, -0.2) is 18.2 Å². The minimum atomic E-state index is -0.201. The molecule has 0 aliphatic heterocycles. The van der Waals surface area contributed by atoms with E-state index in [1.165, 1.54) is 0 Å². The van der Waals surface area contributed by atoms with Gasteiger partial charge in [-0.3, -0.25) is 4.79 Å². The van der Waals surface area contributed by atoms with Crippen molar-refractivity contribution in [3.05, 3.63) is 70.9 Å². The van der Waals surface area contributed by atoms with E-state index in [4.69, 9.17) is 9.26 Å². The summed E-state index contributed by atoms with van der Waals surface area (Å²) < 4.78 is 10.6. The summed E-state index contributed by atoms with van der Waals surface area (Å²) in [5.41, 5.74) is 3.94. The van der Waals surface area contributed by atoms with E-state index >= 15 is 0 Å². The first-order valence-electron chi connectivity index (χ1n) is 8.03. The number of nitrogens with one attached hydrogen (secondary N) is 1. The van der Waals surface area contributed by atoms with Crippen LogP contribution in [0.3, 0.4) is 0 Å². The molecule has 3 aromatic rings. The van der Waals surface area contributed by atoms with Crippen LogP contribution in [0.15, 0.2) is 53.1 Å². The van der Waals surface area contributed by atoms with Crippen molar-refractivity contribution in [2.75, 3.05) is 7.11 Å². The lowest BCUT2D eigenvalue weighted by Crippen LogP contribution is -2.23. The maximum Gasteiger partial charge on any atom is 0.257 e. The van der Waals surface area contributed by atoms with Crippen molar-refractivity contribution in [2.24, 2.45) is 0 Å². The highest BCUT2D eigenvalue weighted by molar-refractivity contribution is 6.00.